The highest BCUT2D eigenvalue weighted by Gasteiger charge is 2.40. The molecule has 0 heterocycles. The van der Waals surface area contributed by atoms with Crippen molar-refractivity contribution in [3.05, 3.63) is 59.7 Å². The lowest BCUT2D eigenvalue weighted by Crippen LogP contribution is -2.62. The van der Waals surface area contributed by atoms with Crippen LogP contribution in [0.4, 0.5) is 4.79 Å². The third kappa shape index (κ3) is 45.8. The second-order valence-electron chi connectivity index (χ2n) is 34.2. The minimum Gasteiger partial charge on any atom is -0.462 e. The zero-order valence-corrected chi connectivity index (χ0v) is 73.0. The maximum atomic E-state index is 14.5. The van der Waals surface area contributed by atoms with Gasteiger partial charge in [-0.15, -0.1) is 0 Å². The second-order valence-corrected chi connectivity index (χ2v) is 35.3. The standard InChI is InChI=1S/C88H145N7O18S/c1-17-19-21-23-25-27-29-31-33-35-37-39-41-51-75(99)107-58-64(109-76(100)52-42-40-38-36-34-32-30-28-26-24-22-20-18-2)60-114-61-71(93-84(106)108-59-69-67-49-45-43-47-65(67)66-48-44-46-50-68(66)69)80(102)91-56-73(97)89-55-72(96)90-57-74(98)92-70(53-54-77(101)112-87(11,12)13)81(103)94-78(62(3)110-85(5,6)7)82(104)95-79(63(4)111-86(8,9)10)83(105)113-88(14,15)16/h43-50,62-64,69-71,78-79H,17-42,51-61H2,1-16H3,(H,89,97)(H,90,96)(H,91,102)(H,92,98)(H,93,106)(H,94,103)(H,95,104)/t62-,63-,64+,70+,71+,78+,79+/m1/s1. The molecule has 7 N–H and O–H groups in total. The molecule has 1 aliphatic rings. The van der Waals surface area contributed by atoms with Gasteiger partial charge in [-0.25, -0.2) is 9.59 Å². The average Bonchev–Trinajstić information content (AvgIpc) is 1.62. The zero-order valence-electron chi connectivity index (χ0n) is 72.2. The van der Waals surface area contributed by atoms with Gasteiger partial charge in [-0.1, -0.05) is 216 Å². The van der Waals surface area contributed by atoms with Crippen LogP contribution in [-0.4, -0.2) is 175 Å². The van der Waals surface area contributed by atoms with Crippen molar-refractivity contribution in [1.29, 1.82) is 0 Å². The fraction of sp³-hybridized carbons (Fsp3) is 0.739. The number of thioether (sulfide) groups is 1. The van der Waals surface area contributed by atoms with Gasteiger partial charge >= 0.3 is 30.0 Å². The van der Waals surface area contributed by atoms with Crippen molar-refractivity contribution in [2.24, 2.45) is 0 Å². The smallest absolute Gasteiger partial charge is 0.407 e. The highest BCUT2D eigenvalue weighted by Crippen LogP contribution is 2.44. The summed E-state index contributed by atoms with van der Waals surface area (Å²) in [5, 5.41) is 17.8. The molecule has 3 rings (SSSR count). The molecule has 0 aromatic heterocycles. The molecule has 0 saturated heterocycles. The van der Waals surface area contributed by atoms with E-state index in [1.807, 2.05) is 48.5 Å². The van der Waals surface area contributed by atoms with Crippen molar-refractivity contribution in [2.75, 3.05) is 44.4 Å². The second kappa shape index (κ2) is 54.6. The number of carbonyl (C=O) groups excluding carboxylic acids is 11. The van der Waals surface area contributed by atoms with Crippen LogP contribution in [0.3, 0.4) is 0 Å². The quantitative estimate of drug-likeness (QED) is 0.0184. The first-order valence-corrected chi connectivity index (χ1v) is 43.6. The molecule has 0 bridgehead atoms. The molecule has 0 fully saturated rings. The van der Waals surface area contributed by atoms with Gasteiger partial charge in [-0.3, -0.25) is 43.2 Å². The van der Waals surface area contributed by atoms with Crippen molar-refractivity contribution < 1.29 is 85.9 Å². The predicted molar refractivity (Wildman–Crippen MR) is 447 cm³/mol. The summed E-state index contributed by atoms with van der Waals surface area (Å²) in [6.45, 7) is 25.7. The maximum Gasteiger partial charge on any atom is 0.407 e. The molecule has 0 saturated carbocycles. The average molecular weight is 1620 g/mol. The normalized spacial score (nSPS) is 14.1. The lowest BCUT2D eigenvalue weighted by molar-refractivity contribution is -0.167. The number of esters is 4. The van der Waals surface area contributed by atoms with E-state index in [1.54, 1.807) is 90.0 Å². The van der Waals surface area contributed by atoms with Crippen LogP contribution in [0, 0.1) is 0 Å². The Hall–Kier alpha value is -7.32. The van der Waals surface area contributed by atoms with Crippen molar-refractivity contribution in [2.45, 2.75) is 374 Å². The van der Waals surface area contributed by atoms with Gasteiger partial charge < -0.3 is 70.4 Å². The predicted octanol–water partition coefficient (Wildman–Crippen LogP) is 14.7. The third-order valence-corrected chi connectivity index (χ3v) is 20.0. The summed E-state index contributed by atoms with van der Waals surface area (Å²) < 4.78 is 41.0. The van der Waals surface area contributed by atoms with Gasteiger partial charge in [0.2, 0.25) is 35.4 Å². The van der Waals surface area contributed by atoms with Crippen LogP contribution in [0.25, 0.3) is 11.1 Å². The van der Waals surface area contributed by atoms with Gasteiger partial charge in [0.05, 0.1) is 43.0 Å². The molecule has 0 spiro atoms. The molecular formula is C88H145N7O18S. The summed E-state index contributed by atoms with van der Waals surface area (Å²) in [6.07, 6.45) is 25.9. The number of nitrogens with one attached hydrogen (secondary N) is 7. The Morgan fingerprint density at radius 2 is 0.825 bits per heavy atom. The van der Waals surface area contributed by atoms with E-state index in [1.165, 1.54) is 116 Å². The number of fused-ring (bicyclic) bond motifs is 3. The molecule has 2 aromatic rings. The highest BCUT2D eigenvalue weighted by atomic mass is 32.2. The van der Waals surface area contributed by atoms with E-state index in [9.17, 15) is 52.7 Å². The molecule has 26 heteroatoms. The van der Waals surface area contributed by atoms with Gasteiger partial charge in [0.1, 0.15) is 48.6 Å². The van der Waals surface area contributed by atoms with Crippen LogP contribution in [-0.2, 0) is 81.1 Å². The number of ether oxygens (including phenoxy) is 7. The first-order chi connectivity index (χ1) is 53.9. The fourth-order valence-corrected chi connectivity index (χ4v) is 14.3. The first kappa shape index (κ1) is 101. The van der Waals surface area contributed by atoms with E-state index in [0.717, 1.165) is 79.0 Å². The van der Waals surface area contributed by atoms with Crippen molar-refractivity contribution in [1.82, 2.24) is 37.2 Å². The fourth-order valence-electron chi connectivity index (χ4n) is 13.3. The first-order valence-electron chi connectivity index (χ1n) is 42.4. The van der Waals surface area contributed by atoms with Crippen LogP contribution in [0.2, 0.25) is 0 Å². The largest absolute Gasteiger partial charge is 0.462 e. The monoisotopic (exact) mass is 1620 g/mol. The van der Waals surface area contributed by atoms with Gasteiger partial charge in [0.15, 0.2) is 6.04 Å². The van der Waals surface area contributed by atoms with Crippen LogP contribution in [0.15, 0.2) is 48.5 Å². The third-order valence-electron chi connectivity index (χ3n) is 18.8. The summed E-state index contributed by atoms with van der Waals surface area (Å²) in [5.74, 6) is -7.91. The molecule has 0 radical (unpaired) electrons. The summed E-state index contributed by atoms with van der Waals surface area (Å²) in [6, 6.07) is 9.91. The number of alkyl carbamates (subject to hydrolysis) is 1. The number of amides is 7. The van der Waals surface area contributed by atoms with Gasteiger partial charge in [0, 0.05) is 36.7 Å². The molecule has 7 atom stereocenters. The summed E-state index contributed by atoms with van der Waals surface area (Å²) in [5.41, 5.74) is 0.492. The molecule has 25 nitrogen and oxygen atoms in total. The molecule has 2 aromatic carbocycles. The van der Waals surface area contributed by atoms with Crippen LogP contribution in [0.1, 0.15) is 320 Å². The van der Waals surface area contributed by atoms with Crippen molar-refractivity contribution in [3.8, 4) is 11.1 Å². The van der Waals surface area contributed by atoms with E-state index in [-0.39, 0.29) is 56.3 Å². The Labute approximate surface area is 686 Å². The van der Waals surface area contributed by atoms with Crippen LogP contribution < -0.4 is 37.2 Å². The van der Waals surface area contributed by atoms with E-state index in [0.29, 0.717) is 12.8 Å². The molecule has 0 unspecified atom stereocenters. The number of hydrogen-bond donors (Lipinski definition) is 7. The Morgan fingerprint density at radius 1 is 0.404 bits per heavy atom. The van der Waals surface area contributed by atoms with Gasteiger partial charge in [0.25, 0.3) is 0 Å². The zero-order chi connectivity index (χ0) is 84.7. The molecule has 646 valence electrons. The van der Waals surface area contributed by atoms with Crippen molar-refractivity contribution >= 4 is 77.2 Å². The number of carbonyl (C=O) groups is 11. The van der Waals surface area contributed by atoms with Crippen LogP contribution in [0.5, 0.6) is 0 Å². The lowest BCUT2D eigenvalue weighted by Gasteiger charge is -2.35. The summed E-state index contributed by atoms with van der Waals surface area (Å²) >= 11 is 1.15. The summed E-state index contributed by atoms with van der Waals surface area (Å²) in [4.78, 5) is 151. The summed E-state index contributed by atoms with van der Waals surface area (Å²) in [7, 11) is 0. The Morgan fingerprint density at radius 3 is 1.29 bits per heavy atom. The van der Waals surface area contributed by atoms with Crippen molar-refractivity contribution in [3.63, 3.8) is 0 Å². The number of benzene rings is 2. The molecule has 0 aliphatic heterocycles. The maximum absolute atomic E-state index is 14.5. The lowest BCUT2D eigenvalue weighted by atomic mass is 9.98. The Bertz CT molecular complexity index is 3190. The van der Waals surface area contributed by atoms with Gasteiger partial charge in [-0.2, -0.15) is 11.8 Å². The minimum absolute atomic E-state index is 0.0677. The Kier molecular flexibility index (Phi) is 48.3. The number of rotatable bonds is 58. The van der Waals surface area contributed by atoms with E-state index in [2.05, 4.69) is 51.1 Å². The van der Waals surface area contributed by atoms with Gasteiger partial charge in [-0.05, 0) is 138 Å². The molecule has 114 heavy (non-hydrogen) atoms. The number of hydrogen-bond acceptors (Lipinski definition) is 19. The van der Waals surface area contributed by atoms with E-state index in [4.69, 9.17) is 33.2 Å². The Balaban J connectivity index is 1.76. The molecule has 1 aliphatic carbocycles. The minimum atomic E-state index is -1.52. The SMILES string of the molecule is CCCCCCCCCCCCCCCC(=O)OC[C@@H](CSC[C@H](NC(=O)OCC1c2ccccc2-c2ccccc21)C(=O)NCC(=O)NCC(=O)NCC(=O)N[C@@H](CCC(=O)OC(C)(C)C)C(=O)N[C@H](C(=O)N[C@H](C(=O)OC(C)(C)C)[C@@H](C)OC(C)(C)C)[C@@H](C)OC(C)(C)C)OC(=O)CCCCCCCCCCCCCCC. The topological polar surface area (TPSA) is 337 Å². The number of unbranched alkanes of at least 4 members (excludes halogenated alkanes) is 24. The van der Waals surface area contributed by atoms with Crippen LogP contribution >= 0.6 is 11.8 Å². The molecule has 7 amide bonds. The molecular weight excluding hydrogens is 1480 g/mol. The highest BCUT2D eigenvalue weighted by molar-refractivity contribution is 7.99. The van der Waals surface area contributed by atoms with E-state index < -0.39 is 150 Å². The van der Waals surface area contributed by atoms with E-state index >= 15 is 0 Å².